The highest BCUT2D eigenvalue weighted by molar-refractivity contribution is 9.10. The summed E-state index contributed by atoms with van der Waals surface area (Å²) in [5.74, 6) is 1.12. The normalized spacial score (nSPS) is 10.1. The summed E-state index contributed by atoms with van der Waals surface area (Å²) < 4.78 is 16.8. The lowest BCUT2D eigenvalue weighted by Crippen LogP contribution is -2.10. The first-order valence-corrected chi connectivity index (χ1v) is 7.77. The Bertz CT molecular complexity index is 613. The van der Waals surface area contributed by atoms with E-state index in [4.69, 9.17) is 14.2 Å². The molecule has 0 heterocycles. The molecule has 0 saturated heterocycles. The molecule has 0 aliphatic carbocycles. The van der Waals surface area contributed by atoms with Crippen molar-refractivity contribution in [2.45, 2.75) is 6.92 Å². The summed E-state index contributed by atoms with van der Waals surface area (Å²) >= 11 is 3.39. The summed E-state index contributed by atoms with van der Waals surface area (Å²) in [7, 11) is 0. The molecule has 0 aromatic heterocycles. The molecule has 22 heavy (non-hydrogen) atoms. The molecule has 0 fully saturated rings. The Morgan fingerprint density at radius 3 is 2.45 bits per heavy atom. The summed E-state index contributed by atoms with van der Waals surface area (Å²) in [5, 5.41) is 0. The average molecular weight is 365 g/mol. The zero-order valence-corrected chi connectivity index (χ0v) is 13.8. The number of benzene rings is 2. The van der Waals surface area contributed by atoms with Crippen LogP contribution in [0.25, 0.3) is 0 Å². The molecule has 2 aromatic rings. The third kappa shape index (κ3) is 4.77. The minimum atomic E-state index is -0.345. The highest BCUT2D eigenvalue weighted by atomic mass is 79.9. The van der Waals surface area contributed by atoms with Crippen LogP contribution >= 0.6 is 15.9 Å². The Balaban J connectivity index is 1.84. The van der Waals surface area contributed by atoms with E-state index >= 15 is 0 Å². The molecule has 0 amide bonds. The van der Waals surface area contributed by atoms with E-state index in [1.807, 2.05) is 30.3 Å². The van der Waals surface area contributed by atoms with Crippen LogP contribution in [0.2, 0.25) is 0 Å². The number of hydrogen-bond donors (Lipinski definition) is 0. The maximum atomic E-state index is 11.6. The predicted molar refractivity (Wildman–Crippen MR) is 87.5 cm³/mol. The molecule has 0 spiro atoms. The Morgan fingerprint density at radius 1 is 1.05 bits per heavy atom. The number of esters is 1. The van der Waals surface area contributed by atoms with E-state index in [1.54, 1.807) is 25.1 Å². The third-order valence-corrected chi connectivity index (χ3v) is 3.42. The molecule has 5 heteroatoms. The topological polar surface area (TPSA) is 44.8 Å². The smallest absolute Gasteiger partial charge is 0.338 e. The van der Waals surface area contributed by atoms with E-state index < -0.39 is 0 Å². The first kappa shape index (κ1) is 16.4. The van der Waals surface area contributed by atoms with Crippen LogP contribution in [0.1, 0.15) is 17.3 Å². The summed E-state index contributed by atoms with van der Waals surface area (Å²) in [6.07, 6.45) is 0. The second-order valence-corrected chi connectivity index (χ2v) is 5.23. The number of ether oxygens (including phenoxy) is 3. The largest absolute Gasteiger partial charge is 0.490 e. The number of rotatable bonds is 7. The van der Waals surface area contributed by atoms with Gasteiger partial charge in [-0.3, -0.25) is 0 Å². The van der Waals surface area contributed by atoms with Crippen LogP contribution in [-0.4, -0.2) is 25.8 Å². The van der Waals surface area contributed by atoms with Crippen LogP contribution in [0.4, 0.5) is 0 Å². The summed E-state index contributed by atoms with van der Waals surface area (Å²) in [5.41, 5.74) is 0.488. The predicted octanol–water partition coefficient (Wildman–Crippen LogP) is 4.08. The molecule has 0 radical (unpaired) electrons. The molecule has 0 saturated carbocycles. The lowest BCUT2D eigenvalue weighted by Gasteiger charge is -2.10. The van der Waals surface area contributed by atoms with E-state index in [0.717, 1.165) is 5.75 Å². The van der Waals surface area contributed by atoms with Crippen molar-refractivity contribution in [1.82, 2.24) is 0 Å². The van der Waals surface area contributed by atoms with Gasteiger partial charge in [0.2, 0.25) is 0 Å². The van der Waals surface area contributed by atoms with Gasteiger partial charge in [0.1, 0.15) is 24.7 Å². The molecule has 0 N–H and O–H groups in total. The quantitative estimate of drug-likeness (QED) is 0.548. The van der Waals surface area contributed by atoms with Crippen molar-refractivity contribution < 1.29 is 19.0 Å². The van der Waals surface area contributed by atoms with Crippen molar-refractivity contribution in [3.63, 3.8) is 0 Å². The monoisotopic (exact) mass is 364 g/mol. The fourth-order valence-corrected chi connectivity index (χ4v) is 2.28. The van der Waals surface area contributed by atoms with Crippen molar-refractivity contribution in [1.29, 1.82) is 0 Å². The van der Waals surface area contributed by atoms with Gasteiger partial charge < -0.3 is 14.2 Å². The van der Waals surface area contributed by atoms with Crippen molar-refractivity contribution in [2.24, 2.45) is 0 Å². The Morgan fingerprint density at radius 2 is 1.77 bits per heavy atom. The van der Waals surface area contributed by atoms with Crippen molar-refractivity contribution in [3.8, 4) is 11.5 Å². The van der Waals surface area contributed by atoms with Gasteiger partial charge in [0, 0.05) is 0 Å². The molecule has 0 aliphatic rings. The number of para-hydroxylation sites is 1. The van der Waals surface area contributed by atoms with Gasteiger partial charge in [-0.05, 0) is 53.2 Å². The SMILES string of the molecule is CCOC(=O)c1ccc(OCCOc2ccccc2)c(Br)c1. The average Bonchev–Trinajstić information content (AvgIpc) is 2.54. The molecule has 0 aliphatic heterocycles. The van der Waals surface area contributed by atoms with Crippen molar-refractivity contribution in [3.05, 3.63) is 58.6 Å². The van der Waals surface area contributed by atoms with Crippen LogP contribution in [0.15, 0.2) is 53.0 Å². The molecule has 2 rings (SSSR count). The molecular weight excluding hydrogens is 348 g/mol. The first-order valence-electron chi connectivity index (χ1n) is 6.98. The number of halogens is 1. The van der Waals surface area contributed by atoms with E-state index in [9.17, 15) is 4.79 Å². The Hall–Kier alpha value is -2.01. The van der Waals surface area contributed by atoms with Crippen molar-refractivity contribution in [2.75, 3.05) is 19.8 Å². The fourth-order valence-electron chi connectivity index (χ4n) is 1.79. The van der Waals surface area contributed by atoms with Crippen LogP contribution in [-0.2, 0) is 4.74 Å². The minimum Gasteiger partial charge on any atom is -0.490 e. The molecular formula is C17H17BrO4. The Kier molecular flexibility index (Phi) is 6.27. The Labute approximate surface area is 138 Å². The molecule has 116 valence electrons. The van der Waals surface area contributed by atoms with Crippen LogP contribution in [0.5, 0.6) is 11.5 Å². The van der Waals surface area contributed by atoms with Crippen LogP contribution < -0.4 is 9.47 Å². The van der Waals surface area contributed by atoms with Crippen LogP contribution in [0.3, 0.4) is 0 Å². The lowest BCUT2D eigenvalue weighted by atomic mass is 10.2. The van der Waals surface area contributed by atoms with E-state index in [-0.39, 0.29) is 5.97 Å². The number of carbonyl (C=O) groups is 1. The highest BCUT2D eigenvalue weighted by Gasteiger charge is 2.09. The van der Waals surface area contributed by atoms with Crippen molar-refractivity contribution >= 4 is 21.9 Å². The van der Waals surface area contributed by atoms with Gasteiger partial charge in [-0.25, -0.2) is 4.79 Å². The summed E-state index contributed by atoms with van der Waals surface area (Å²) in [4.78, 5) is 11.6. The molecule has 4 nitrogen and oxygen atoms in total. The van der Waals surface area contributed by atoms with Gasteiger partial charge in [-0.15, -0.1) is 0 Å². The lowest BCUT2D eigenvalue weighted by molar-refractivity contribution is 0.0526. The second kappa shape index (κ2) is 8.44. The maximum absolute atomic E-state index is 11.6. The third-order valence-electron chi connectivity index (χ3n) is 2.80. The molecule has 0 unspecified atom stereocenters. The van der Waals surface area contributed by atoms with E-state index in [0.29, 0.717) is 35.6 Å². The maximum Gasteiger partial charge on any atom is 0.338 e. The number of carbonyl (C=O) groups excluding carboxylic acids is 1. The minimum absolute atomic E-state index is 0.345. The van der Waals surface area contributed by atoms with Gasteiger partial charge in [-0.1, -0.05) is 18.2 Å². The van der Waals surface area contributed by atoms with Crippen LogP contribution in [0, 0.1) is 0 Å². The standard InChI is InChI=1S/C17H17BrO4/c1-2-20-17(19)13-8-9-16(15(18)12-13)22-11-10-21-14-6-4-3-5-7-14/h3-9,12H,2,10-11H2,1H3. The van der Waals surface area contributed by atoms with Gasteiger partial charge in [0.15, 0.2) is 0 Å². The second-order valence-electron chi connectivity index (χ2n) is 4.38. The number of hydrogen-bond acceptors (Lipinski definition) is 4. The first-order chi connectivity index (χ1) is 10.7. The van der Waals surface area contributed by atoms with Gasteiger partial charge in [-0.2, -0.15) is 0 Å². The molecule has 0 bridgehead atoms. The molecule has 0 atom stereocenters. The van der Waals surface area contributed by atoms with Gasteiger partial charge >= 0.3 is 5.97 Å². The van der Waals surface area contributed by atoms with E-state index in [2.05, 4.69) is 15.9 Å². The summed E-state index contributed by atoms with van der Waals surface area (Å²) in [6, 6.07) is 14.7. The van der Waals surface area contributed by atoms with Gasteiger partial charge in [0.05, 0.1) is 16.6 Å². The zero-order chi connectivity index (χ0) is 15.8. The summed E-state index contributed by atoms with van der Waals surface area (Å²) in [6.45, 7) is 2.98. The molecule has 2 aromatic carbocycles. The van der Waals surface area contributed by atoms with Gasteiger partial charge in [0.25, 0.3) is 0 Å². The fraction of sp³-hybridized carbons (Fsp3) is 0.235. The highest BCUT2D eigenvalue weighted by Crippen LogP contribution is 2.26. The van der Waals surface area contributed by atoms with E-state index in [1.165, 1.54) is 0 Å². The zero-order valence-electron chi connectivity index (χ0n) is 12.3.